The first-order valence-electron chi connectivity index (χ1n) is 14.5. The summed E-state index contributed by atoms with van der Waals surface area (Å²) in [6.45, 7) is 10.2. The summed E-state index contributed by atoms with van der Waals surface area (Å²) in [5, 5.41) is 3.47. The van der Waals surface area contributed by atoms with Crippen LogP contribution >= 0.6 is 0 Å². The number of nitrogens with one attached hydrogen (secondary N) is 1. The van der Waals surface area contributed by atoms with Crippen LogP contribution in [0.25, 0.3) is 16.9 Å². The monoisotopic (exact) mass is 541 g/mol. The van der Waals surface area contributed by atoms with E-state index in [1.165, 1.54) is 56.2 Å². The molecule has 1 aliphatic carbocycles. The molecule has 0 radical (unpaired) electrons. The molecule has 3 aromatic rings. The van der Waals surface area contributed by atoms with E-state index in [1.54, 1.807) is 24.3 Å². The van der Waals surface area contributed by atoms with Gasteiger partial charge in [0.1, 0.15) is 11.6 Å². The van der Waals surface area contributed by atoms with Gasteiger partial charge < -0.3 is 19.9 Å². The number of aromatic nitrogens is 4. The first-order valence-corrected chi connectivity index (χ1v) is 14.5. The van der Waals surface area contributed by atoms with E-state index in [2.05, 4.69) is 33.9 Å². The van der Waals surface area contributed by atoms with Gasteiger partial charge in [-0.25, -0.2) is 13.8 Å². The van der Waals surface area contributed by atoms with Gasteiger partial charge in [-0.15, -0.1) is 0 Å². The molecule has 0 unspecified atom stereocenters. The van der Waals surface area contributed by atoms with Crippen molar-refractivity contribution in [3.8, 4) is 5.82 Å². The van der Waals surface area contributed by atoms with Crippen molar-refractivity contribution in [3.63, 3.8) is 0 Å². The molecule has 1 saturated heterocycles. The van der Waals surface area contributed by atoms with Gasteiger partial charge in [0, 0.05) is 31.7 Å². The molecular formula is C29H41F2N7O. The maximum Gasteiger partial charge on any atom is 0.296 e. The third-order valence-electron chi connectivity index (χ3n) is 7.95. The van der Waals surface area contributed by atoms with Gasteiger partial charge in [-0.1, -0.05) is 26.0 Å². The Morgan fingerprint density at radius 1 is 0.974 bits per heavy atom. The minimum atomic E-state index is -2.73. The lowest BCUT2D eigenvalue weighted by Gasteiger charge is -2.37. The molecule has 0 amide bonds. The van der Waals surface area contributed by atoms with E-state index in [0.29, 0.717) is 66.9 Å². The average molecular weight is 542 g/mol. The lowest BCUT2D eigenvalue weighted by molar-refractivity contribution is 0.122. The maximum absolute atomic E-state index is 14.1. The normalized spacial score (nSPS) is 20.3. The summed E-state index contributed by atoms with van der Waals surface area (Å²) >= 11 is 0. The van der Waals surface area contributed by atoms with Crippen molar-refractivity contribution in [1.29, 1.82) is 0 Å². The van der Waals surface area contributed by atoms with Crippen LogP contribution in [0.3, 0.4) is 0 Å². The molecule has 5 rings (SSSR count). The third kappa shape index (κ3) is 6.49. The lowest BCUT2D eigenvalue weighted by Crippen LogP contribution is -2.40. The number of ether oxygens (including phenoxy) is 1. The predicted molar refractivity (Wildman–Crippen MR) is 151 cm³/mol. The number of hydrogen-bond acceptors (Lipinski definition) is 7. The van der Waals surface area contributed by atoms with Crippen LogP contribution in [0.4, 0.5) is 20.5 Å². The fraction of sp³-hybridized carbons (Fsp3) is 0.621. The number of morpholine rings is 1. The molecule has 2 fully saturated rings. The van der Waals surface area contributed by atoms with Crippen molar-refractivity contribution in [1.82, 2.24) is 24.4 Å². The number of imidazole rings is 1. The Kier molecular flexibility index (Phi) is 9.24. The maximum atomic E-state index is 14.1. The van der Waals surface area contributed by atoms with Crippen molar-refractivity contribution >= 4 is 22.8 Å². The van der Waals surface area contributed by atoms with Crippen LogP contribution in [-0.4, -0.2) is 76.4 Å². The lowest BCUT2D eigenvalue weighted by atomic mass is 9.85. The number of fused-ring (bicyclic) bond motifs is 1. The first kappa shape index (κ1) is 27.7. The van der Waals surface area contributed by atoms with Crippen LogP contribution in [0.15, 0.2) is 30.3 Å². The highest BCUT2D eigenvalue weighted by atomic mass is 19.3. The summed E-state index contributed by atoms with van der Waals surface area (Å²) in [5.41, 5.74) is 1.12. The van der Waals surface area contributed by atoms with Crippen molar-refractivity contribution in [3.05, 3.63) is 36.2 Å². The molecule has 2 aromatic heterocycles. The molecular weight excluding hydrogens is 500 g/mol. The van der Waals surface area contributed by atoms with Gasteiger partial charge in [0.25, 0.3) is 6.43 Å². The summed E-state index contributed by atoms with van der Waals surface area (Å²) in [6, 6.07) is 9.65. The second kappa shape index (κ2) is 13.0. The van der Waals surface area contributed by atoms with Crippen LogP contribution < -0.4 is 10.2 Å². The number of anilines is 2. The van der Waals surface area contributed by atoms with Crippen molar-refractivity contribution in [2.45, 2.75) is 64.8 Å². The molecule has 1 aromatic carbocycles. The molecule has 0 bridgehead atoms. The van der Waals surface area contributed by atoms with Gasteiger partial charge in [0.2, 0.25) is 5.95 Å². The highest BCUT2D eigenvalue weighted by Gasteiger charge is 2.26. The van der Waals surface area contributed by atoms with E-state index in [-0.39, 0.29) is 5.82 Å². The van der Waals surface area contributed by atoms with Crippen molar-refractivity contribution in [2.75, 3.05) is 56.2 Å². The summed E-state index contributed by atoms with van der Waals surface area (Å²) < 4.78 is 35.2. The van der Waals surface area contributed by atoms with E-state index in [4.69, 9.17) is 14.7 Å². The molecule has 39 heavy (non-hydrogen) atoms. The molecule has 0 spiro atoms. The summed E-state index contributed by atoms with van der Waals surface area (Å²) in [4.78, 5) is 18.6. The third-order valence-corrected chi connectivity index (χ3v) is 7.95. The Bertz CT molecular complexity index is 1200. The summed E-state index contributed by atoms with van der Waals surface area (Å²) in [5.74, 6) is 1.80. The molecule has 2 aliphatic rings. The zero-order chi connectivity index (χ0) is 27.2. The van der Waals surface area contributed by atoms with E-state index in [9.17, 15) is 8.78 Å². The number of alkyl halides is 2. The van der Waals surface area contributed by atoms with E-state index < -0.39 is 6.43 Å². The van der Waals surface area contributed by atoms with Crippen molar-refractivity contribution < 1.29 is 13.5 Å². The van der Waals surface area contributed by atoms with Crippen LogP contribution in [0.5, 0.6) is 0 Å². The largest absolute Gasteiger partial charge is 0.378 e. The number of benzene rings is 1. The molecule has 1 aliphatic heterocycles. The van der Waals surface area contributed by atoms with Gasteiger partial charge in [0.05, 0.1) is 24.2 Å². The molecule has 10 heteroatoms. The SMILES string of the molecule is CCCN(CCC)[C@H]1CC[C@H](CNc2nc(N3CCOCC3)cc(-n3c(C(F)F)nc4ccccc43)n2)CC1. The minimum Gasteiger partial charge on any atom is -0.378 e. The highest BCUT2D eigenvalue weighted by Crippen LogP contribution is 2.31. The number of rotatable bonds is 11. The van der Waals surface area contributed by atoms with Gasteiger partial charge >= 0.3 is 0 Å². The standard InChI is InChI=1S/C29H41F2N7O/c1-3-13-36(14-4-2)22-11-9-21(10-12-22)20-32-29-34-25(37-15-17-39-18-16-37)19-26(35-29)38-24-8-6-5-7-23(24)33-28(38)27(30)31/h5-8,19,21-22,27H,3-4,9-18,20H2,1-2H3,(H,32,34,35)/t21-,22-. The van der Waals surface area contributed by atoms with Crippen LogP contribution in [0, 0.1) is 5.92 Å². The zero-order valence-electron chi connectivity index (χ0n) is 23.2. The number of para-hydroxylation sites is 2. The quantitative estimate of drug-likeness (QED) is 0.335. The predicted octanol–water partition coefficient (Wildman–Crippen LogP) is 5.68. The van der Waals surface area contributed by atoms with Gasteiger partial charge in [-0.3, -0.25) is 4.57 Å². The number of halogens is 2. The van der Waals surface area contributed by atoms with E-state index >= 15 is 0 Å². The Morgan fingerprint density at radius 2 is 1.67 bits per heavy atom. The minimum absolute atomic E-state index is 0.309. The molecule has 212 valence electrons. The summed E-state index contributed by atoms with van der Waals surface area (Å²) in [7, 11) is 0. The molecule has 1 saturated carbocycles. The summed E-state index contributed by atoms with van der Waals surface area (Å²) in [6.07, 6.45) is 4.42. The fourth-order valence-electron chi connectivity index (χ4n) is 6.00. The average Bonchev–Trinajstić information content (AvgIpc) is 3.37. The van der Waals surface area contributed by atoms with E-state index in [0.717, 1.165) is 6.54 Å². The Morgan fingerprint density at radius 3 is 2.36 bits per heavy atom. The fourth-order valence-corrected chi connectivity index (χ4v) is 6.00. The molecule has 3 heterocycles. The van der Waals surface area contributed by atoms with Crippen LogP contribution in [0.2, 0.25) is 0 Å². The topological polar surface area (TPSA) is 71.3 Å². The van der Waals surface area contributed by atoms with E-state index in [1.807, 2.05) is 6.07 Å². The van der Waals surface area contributed by atoms with Gasteiger partial charge in [-0.05, 0) is 69.7 Å². The zero-order valence-corrected chi connectivity index (χ0v) is 23.2. The molecule has 8 nitrogen and oxygen atoms in total. The first-order chi connectivity index (χ1) is 19.1. The second-order valence-corrected chi connectivity index (χ2v) is 10.7. The van der Waals surface area contributed by atoms with Gasteiger partial charge in [-0.2, -0.15) is 9.97 Å². The van der Waals surface area contributed by atoms with Crippen LogP contribution in [0.1, 0.15) is 64.6 Å². The highest BCUT2D eigenvalue weighted by molar-refractivity contribution is 5.78. The Hall–Kier alpha value is -2.85. The second-order valence-electron chi connectivity index (χ2n) is 10.7. The van der Waals surface area contributed by atoms with Crippen molar-refractivity contribution in [2.24, 2.45) is 5.92 Å². The number of nitrogens with zero attached hydrogens (tertiary/aromatic N) is 6. The van der Waals surface area contributed by atoms with Crippen LogP contribution in [-0.2, 0) is 4.74 Å². The smallest absolute Gasteiger partial charge is 0.296 e. The number of hydrogen-bond donors (Lipinski definition) is 1. The Balaban J connectivity index is 1.37. The molecule has 0 atom stereocenters. The van der Waals surface area contributed by atoms with Gasteiger partial charge in [0.15, 0.2) is 5.82 Å². The Labute approximate surface area is 229 Å². The molecule has 1 N–H and O–H groups in total.